The second-order valence-electron chi connectivity index (χ2n) is 4.55. The van der Waals surface area contributed by atoms with Crippen LogP contribution in [0.4, 0.5) is 18.9 Å². The number of hydrogen-bond donors (Lipinski definition) is 1. The zero-order chi connectivity index (χ0) is 16.4. The Balaban J connectivity index is 1.75. The minimum absolute atomic E-state index is 0.312. The van der Waals surface area contributed by atoms with E-state index < -0.39 is 11.2 Å². The molecule has 2 aromatic heterocycles. The number of nitrogens with zero attached hydrogens (tertiary/aromatic N) is 2. The van der Waals surface area contributed by atoms with Gasteiger partial charge in [0.2, 0.25) is 0 Å². The molecule has 3 rings (SSSR count). The van der Waals surface area contributed by atoms with Crippen molar-refractivity contribution in [2.45, 2.75) is 12.7 Å². The third kappa shape index (κ3) is 4.01. The molecule has 0 amide bonds. The Morgan fingerprint density at radius 2 is 2.09 bits per heavy atom. The summed E-state index contributed by atoms with van der Waals surface area (Å²) in [6, 6.07) is 7.09. The predicted molar refractivity (Wildman–Crippen MR) is 87.0 cm³/mol. The van der Waals surface area contributed by atoms with E-state index in [4.69, 9.17) is 11.6 Å². The highest BCUT2D eigenvalue weighted by Crippen LogP contribution is 2.34. The first kappa shape index (κ1) is 16.2. The van der Waals surface area contributed by atoms with Crippen LogP contribution in [0.5, 0.6) is 0 Å². The Labute approximate surface area is 142 Å². The third-order valence-electron chi connectivity index (χ3n) is 2.90. The van der Waals surface area contributed by atoms with Crippen LogP contribution in [0.15, 0.2) is 35.8 Å². The summed E-state index contributed by atoms with van der Waals surface area (Å²) >= 11 is 7.73. The molecule has 0 radical (unpaired) electrons. The number of nitrogens with one attached hydrogen (secondary N) is 1. The van der Waals surface area contributed by atoms with E-state index in [0.717, 1.165) is 10.6 Å². The molecule has 3 aromatic rings. The molecule has 2 heterocycles. The number of rotatable bonds is 4. The van der Waals surface area contributed by atoms with Crippen LogP contribution in [0.2, 0.25) is 4.47 Å². The van der Waals surface area contributed by atoms with Crippen molar-refractivity contribution in [3.8, 4) is 11.3 Å². The lowest BCUT2D eigenvalue weighted by atomic mass is 10.1. The van der Waals surface area contributed by atoms with Gasteiger partial charge in [0.25, 0.3) is 0 Å². The van der Waals surface area contributed by atoms with Crippen molar-refractivity contribution in [2.24, 2.45) is 0 Å². The van der Waals surface area contributed by atoms with Crippen molar-refractivity contribution in [1.82, 2.24) is 9.97 Å². The first-order chi connectivity index (χ1) is 10.9. The molecule has 0 bridgehead atoms. The van der Waals surface area contributed by atoms with Crippen molar-refractivity contribution < 1.29 is 13.2 Å². The number of anilines is 1. The zero-order valence-electron chi connectivity index (χ0n) is 11.4. The highest BCUT2D eigenvalue weighted by molar-refractivity contribution is 7.15. The first-order valence-corrected chi connectivity index (χ1v) is 8.46. The molecule has 23 heavy (non-hydrogen) atoms. The second-order valence-corrected chi connectivity index (χ2v) is 7.10. The SMILES string of the molecule is FC(F)(F)c1nc(-c2cccc(NCc3cnc(Cl)s3)c2)cs1. The molecule has 1 aromatic carbocycles. The number of benzene rings is 1. The number of aromatic nitrogens is 2. The normalized spacial score (nSPS) is 11.7. The molecule has 0 saturated carbocycles. The molecular formula is C14H9ClF3N3S2. The fraction of sp³-hybridized carbons (Fsp3) is 0.143. The van der Waals surface area contributed by atoms with E-state index in [2.05, 4.69) is 15.3 Å². The maximum Gasteiger partial charge on any atom is 0.443 e. The van der Waals surface area contributed by atoms with Crippen LogP contribution in [0.3, 0.4) is 0 Å². The largest absolute Gasteiger partial charge is 0.443 e. The Bertz CT molecular complexity index is 813. The molecule has 3 nitrogen and oxygen atoms in total. The Morgan fingerprint density at radius 1 is 1.26 bits per heavy atom. The van der Waals surface area contributed by atoms with Crippen LogP contribution in [-0.2, 0) is 12.7 Å². The van der Waals surface area contributed by atoms with Gasteiger partial charge in [0.15, 0.2) is 9.47 Å². The van der Waals surface area contributed by atoms with Crippen LogP contribution in [0.1, 0.15) is 9.88 Å². The van der Waals surface area contributed by atoms with E-state index in [1.165, 1.54) is 16.7 Å². The van der Waals surface area contributed by atoms with Gasteiger partial charge in [0.05, 0.1) is 12.2 Å². The van der Waals surface area contributed by atoms with Gasteiger partial charge in [-0.2, -0.15) is 13.2 Å². The van der Waals surface area contributed by atoms with Gasteiger partial charge in [-0.3, -0.25) is 0 Å². The summed E-state index contributed by atoms with van der Waals surface area (Å²) < 4.78 is 38.4. The molecule has 0 spiro atoms. The topological polar surface area (TPSA) is 37.8 Å². The van der Waals surface area contributed by atoms with E-state index >= 15 is 0 Å². The van der Waals surface area contributed by atoms with E-state index in [1.54, 1.807) is 24.4 Å². The molecule has 0 unspecified atom stereocenters. The van der Waals surface area contributed by atoms with Gasteiger partial charge in [0, 0.05) is 27.7 Å². The number of hydrogen-bond acceptors (Lipinski definition) is 5. The third-order valence-corrected chi connectivity index (χ3v) is 4.90. The molecular weight excluding hydrogens is 367 g/mol. The quantitative estimate of drug-likeness (QED) is 0.649. The highest BCUT2D eigenvalue weighted by atomic mass is 35.5. The molecule has 9 heteroatoms. The lowest BCUT2D eigenvalue weighted by Gasteiger charge is -2.06. The van der Waals surface area contributed by atoms with Crippen molar-refractivity contribution in [1.29, 1.82) is 0 Å². The minimum atomic E-state index is -4.41. The smallest absolute Gasteiger partial charge is 0.380 e. The predicted octanol–water partition coefficient (Wildman–Crippen LogP) is 5.55. The van der Waals surface area contributed by atoms with Crippen LogP contribution < -0.4 is 5.32 Å². The fourth-order valence-electron chi connectivity index (χ4n) is 1.88. The summed E-state index contributed by atoms with van der Waals surface area (Å²) in [4.78, 5) is 8.57. The van der Waals surface area contributed by atoms with E-state index in [1.807, 2.05) is 6.07 Å². The Hall–Kier alpha value is -1.64. The van der Waals surface area contributed by atoms with Crippen LogP contribution >= 0.6 is 34.3 Å². The molecule has 0 fully saturated rings. The summed E-state index contributed by atoms with van der Waals surface area (Å²) in [6.45, 7) is 0.540. The summed E-state index contributed by atoms with van der Waals surface area (Å²) in [5.41, 5.74) is 1.73. The van der Waals surface area contributed by atoms with Crippen molar-refractivity contribution in [3.05, 3.63) is 50.2 Å². The van der Waals surface area contributed by atoms with E-state index in [9.17, 15) is 13.2 Å². The molecule has 120 valence electrons. The molecule has 0 aliphatic heterocycles. The average Bonchev–Trinajstić information content (AvgIpc) is 3.14. The van der Waals surface area contributed by atoms with Gasteiger partial charge in [-0.25, -0.2) is 9.97 Å². The number of alkyl halides is 3. The maximum absolute atomic E-state index is 12.6. The van der Waals surface area contributed by atoms with Crippen LogP contribution in [0, 0.1) is 0 Å². The Kier molecular flexibility index (Phi) is 4.56. The summed E-state index contributed by atoms with van der Waals surface area (Å²) in [5, 5.41) is 3.75. The summed E-state index contributed by atoms with van der Waals surface area (Å²) in [5.74, 6) is 0. The van der Waals surface area contributed by atoms with Crippen LogP contribution in [-0.4, -0.2) is 9.97 Å². The molecule has 0 atom stereocenters. The van der Waals surface area contributed by atoms with Gasteiger partial charge in [-0.1, -0.05) is 23.7 Å². The molecule has 0 aliphatic rings. The van der Waals surface area contributed by atoms with Crippen molar-refractivity contribution in [2.75, 3.05) is 5.32 Å². The van der Waals surface area contributed by atoms with Crippen molar-refractivity contribution in [3.63, 3.8) is 0 Å². The standard InChI is InChI=1S/C14H9ClF3N3S2/c15-13-20-6-10(23-13)5-19-9-3-1-2-8(4-9)11-7-22-12(21-11)14(16,17)18/h1-4,6-7,19H,5H2. The highest BCUT2D eigenvalue weighted by Gasteiger charge is 2.34. The molecule has 1 N–H and O–H groups in total. The summed E-state index contributed by atoms with van der Waals surface area (Å²) in [6.07, 6.45) is -2.73. The zero-order valence-corrected chi connectivity index (χ0v) is 13.8. The average molecular weight is 376 g/mol. The monoisotopic (exact) mass is 375 g/mol. The second kappa shape index (κ2) is 6.46. The summed E-state index contributed by atoms with van der Waals surface area (Å²) in [7, 11) is 0. The van der Waals surface area contributed by atoms with E-state index in [-0.39, 0.29) is 0 Å². The fourth-order valence-corrected chi connectivity index (χ4v) is 3.49. The molecule has 0 aliphatic carbocycles. The van der Waals surface area contributed by atoms with Crippen molar-refractivity contribution >= 4 is 40.0 Å². The Morgan fingerprint density at radius 3 is 2.74 bits per heavy atom. The van der Waals surface area contributed by atoms with Gasteiger partial charge in [-0.05, 0) is 12.1 Å². The van der Waals surface area contributed by atoms with Gasteiger partial charge >= 0.3 is 6.18 Å². The lowest BCUT2D eigenvalue weighted by Crippen LogP contribution is -2.03. The van der Waals surface area contributed by atoms with Crippen LogP contribution in [0.25, 0.3) is 11.3 Å². The van der Waals surface area contributed by atoms with Gasteiger partial charge in [-0.15, -0.1) is 22.7 Å². The maximum atomic E-state index is 12.6. The lowest BCUT2D eigenvalue weighted by molar-refractivity contribution is -0.137. The van der Waals surface area contributed by atoms with Gasteiger partial charge < -0.3 is 5.32 Å². The molecule has 0 saturated heterocycles. The number of thiazole rings is 2. The minimum Gasteiger partial charge on any atom is -0.380 e. The number of halogens is 4. The first-order valence-electron chi connectivity index (χ1n) is 6.39. The van der Waals surface area contributed by atoms with E-state index in [0.29, 0.717) is 33.6 Å². The van der Waals surface area contributed by atoms with Gasteiger partial charge in [0.1, 0.15) is 0 Å².